The van der Waals surface area contributed by atoms with E-state index in [4.69, 9.17) is 0 Å². The summed E-state index contributed by atoms with van der Waals surface area (Å²) in [5.74, 6) is 0.654. The number of hydrogen-bond acceptors (Lipinski definition) is 4. The Kier molecular flexibility index (Phi) is 4.24. The number of phenolic OH excluding ortho intramolecular Hbond substituents is 1. The van der Waals surface area contributed by atoms with E-state index in [-0.39, 0.29) is 29.9 Å². The molecule has 1 saturated heterocycles. The van der Waals surface area contributed by atoms with E-state index in [1.54, 1.807) is 24.1 Å². The third kappa shape index (κ3) is 2.73. The molecule has 2 bridgehead atoms. The highest BCUT2D eigenvalue weighted by molar-refractivity contribution is 6.11. The lowest BCUT2D eigenvalue weighted by atomic mass is 9.59. The number of likely N-dealkylation sites (N-methyl/N-ethyl adjacent to an activating group) is 1. The molecule has 2 atom stereocenters. The van der Waals surface area contributed by atoms with Crippen molar-refractivity contribution < 1.29 is 19.5 Å². The highest BCUT2D eigenvalue weighted by atomic mass is 16.3. The normalized spacial score (nSPS) is 33.0. The van der Waals surface area contributed by atoms with Crippen LogP contribution in [0.3, 0.4) is 0 Å². The molecule has 0 radical (unpaired) electrons. The molecule has 6 nitrogen and oxygen atoms in total. The number of urea groups is 1. The molecule has 1 aliphatic heterocycles. The number of hydrogen-bond donors (Lipinski definition) is 1. The Morgan fingerprint density at radius 1 is 1.22 bits per heavy atom. The molecule has 5 rings (SSSR count). The number of rotatable bonds is 4. The molecule has 1 aromatic carbocycles. The van der Waals surface area contributed by atoms with Gasteiger partial charge in [0.2, 0.25) is 0 Å². The van der Waals surface area contributed by atoms with E-state index >= 15 is 0 Å². The first-order chi connectivity index (χ1) is 12.8. The molecule has 3 amide bonds. The fraction of sp³-hybridized carbons (Fsp3) is 0.571. The Balaban J connectivity index is 1.58. The van der Waals surface area contributed by atoms with Crippen molar-refractivity contribution in [3.63, 3.8) is 0 Å². The number of imide groups is 1. The van der Waals surface area contributed by atoms with Gasteiger partial charge in [-0.15, -0.1) is 0 Å². The average molecular weight is 370 g/mol. The summed E-state index contributed by atoms with van der Waals surface area (Å²) < 4.78 is 0. The van der Waals surface area contributed by atoms with Crippen LogP contribution in [0, 0.1) is 17.8 Å². The lowest BCUT2D eigenvalue weighted by Gasteiger charge is -2.49. The molecule has 1 heterocycles. The van der Waals surface area contributed by atoms with Crippen molar-refractivity contribution in [2.45, 2.75) is 44.6 Å². The number of carbonyl (C=O) groups is 3. The van der Waals surface area contributed by atoms with Crippen LogP contribution in [0.1, 0.15) is 49.4 Å². The van der Waals surface area contributed by atoms with Crippen molar-refractivity contribution in [3.8, 4) is 5.75 Å². The van der Waals surface area contributed by atoms with Crippen LogP contribution in [0.2, 0.25) is 0 Å². The van der Waals surface area contributed by atoms with E-state index in [0.29, 0.717) is 17.4 Å². The quantitative estimate of drug-likeness (QED) is 0.653. The van der Waals surface area contributed by atoms with Gasteiger partial charge in [-0.05, 0) is 56.1 Å². The minimum Gasteiger partial charge on any atom is -0.508 e. The summed E-state index contributed by atoms with van der Waals surface area (Å²) in [4.78, 5) is 41.4. The fourth-order valence-corrected chi connectivity index (χ4v) is 5.41. The summed E-state index contributed by atoms with van der Waals surface area (Å²) >= 11 is 0. The van der Waals surface area contributed by atoms with Crippen LogP contribution in [-0.4, -0.2) is 51.8 Å². The Hall–Kier alpha value is -2.37. The number of aromatic hydroxyl groups is 1. The van der Waals surface area contributed by atoms with Crippen molar-refractivity contribution in [1.82, 2.24) is 9.80 Å². The lowest BCUT2D eigenvalue weighted by molar-refractivity contribution is -0.138. The molecule has 1 aromatic rings. The number of fused-ring (bicyclic) bond motifs is 3. The van der Waals surface area contributed by atoms with Gasteiger partial charge >= 0.3 is 6.03 Å². The summed E-state index contributed by atoms with van der Waals surface area (Å²) in [6.07, 6.45) is 5.69. The molecular formula is C21H26N2O4. The first-order valence-corrected chi connectivity index (χ1v) is 9.74. The van der Waals surface area contributed by atoms with Gasteiger partial charge in [0.05, 0.1) is 6.54 Å². The Bertz CT molecular complexity index is 799. The molecule has 3 aliphatic carbocycles. The maximum absolute atomic E-state index is 13.3. The van der Waals surface area contributed by atoms with Crippen LogP contribution in [0.25, 0.3) is 0 Å². The van der Waals surface area contributed by atoms with E-state index in [0.717, 1.165) is 24.2 Å². The average Bonchev–Trinajstić information content (AvgIpc) is 2.85. The lowest BCUT2D eigenvalue weighted by Crippen LogP contribution is -2.56. The van der Waals surface area contributed by atoms with Gasteiger partial charge < -0.3 is 10.0 Å². The number of ketones is 1. The summed E-state index contributed by atoms with van der Waals surface area (Å²) in [6.45, 7) is 1.58. The second kappa shape index (κ2) is 6.36. The van der Waals surface area contributed by atoms with Gasteiger partial charge in [0.15, 0.2) is 5.78 Å². The topological polar surface area (TPSA) is 77.9 Å². The van der Waals surface area contributed by atoms with Crippen LogP contribution in [0.15, 0.2) is 24.3 Å². The molecule has 1 N–H and O–H groups in total. The standard InChI is InChI=1S/C21H26N2O4/c1-21(17-10-13-6-8-14(17)9-7-13)19(26)23(20(27)22(21)2)12-18(25)15-4-3-5-16(24)11-15/h3-5,11,13-14,17,24H,6-10,12H2,1-2H3/t13-,14-,17-,21+/m0/s1. The zero-order valence-corrected chi connectivity index (χ0v) is 15.9. The van der Waals surface area contributed by atoms with E-state index in [2.05, 4.69) is 0 Å². The van der Waals surface area contributed by atoms with Gasteiger partial charge in [-0.25, -0.2) is 4.79 Å². The predicted molar refractivity (Wildman–Crippen MR) is 99.3 cm³/mol. The van der Waals surface area contributed by atoms with Crippen LogP contribution >= 0.6 is 0 Å². The predicted octanol–water partition coefficient (Wildman–Crippen LogP) is 3.05. The van der Waals surface area contributed by atoms with Crippen LogP contribution < -0.4 is 0 Å². The Morgan fingerprint density at radius 3 is 2.52 bits per heavy atom. The summed E-state index contributed by atoms with van der Waals surface area (Å²) in [5.41, 5.74) is -0.580. The van der Waals surface area contributed by atoms with Crippen molar-refractivity contribution in [3.05, 3.63) is 29.8 Å². The van der Waals surface area contributed by atoms with Crippen LogP contribution in [0.4, 0.5) is 4.79 Å². The van der Waals surface area contributed by atoms with Gasteiger partial charge in [0.25, 0.3) is 5.91 Å². The first kappa shape index (κ1) is 18.0. The molecule has 4 fully saturated rings. The smallest absolute Gasteiger partial charge is 0.327 e. The first-order valence-electron chi connectivity index (χ1n) is 9.74. The van der Waals surface area contributed by atoms with Gasteiger partial charge in [-0.3, -0.25) is 14.5 Å². The number of Topliss-reactive ketones (excluding diaryl/α,β-unsaturated/α-hetero) is 1. The van der Waals surface area contributed by atoms with E-state index in [1.807, 2.05) is 6.92 Å². The van der Waals surface area contributed by atoms with Gasteiger partial charge in [0, 0.05) is 12.6 Å². The van der Waals surface area contributed by atoms with Gasteiger partial charge in [-0.2, -0.15) is 0 Å². The van der Waals surface area contributed by atoms with Crippen molar-refractivity contribution in [2.75, 3.05) is 13.6 Å². The Labute approximate surface area is 159 Å². The maximum atomic E-state index is 13.3. The van der Waals surface area contributed by atoms with Gasteiger partial charge in [-0.1, -0.05) is 25.0 Å². The van der Waals surface area contributed by atoms with Crippen LogP contribution in [0.5, 0.6) is 5.75 Å². The molecule has 3 saturated carbocycles. The van der Waals surface area contributed by atoms with E-state index in [9.17, 15) is 19.5 Å². The highest BCUT2D eigenvalue weighted by Crippen LogP contribution is 2.52. The molecule has 6 heteroatoms. The number of amides is 3. The molecular weight excluding hydrogens is 344 g/mol. The molecule has 0 unspecified atom stereocenters. The Morgan fingerprint density at radius 2 is 1.93 bits per heavy atom. The third-order valence-electron chi connectivity index (χ3n) is 7.13. The van der Waals surface area contributed by atoms with E-state index < -0.39 is 11.6 Å². The number of benzene rings is 1. The third-order valence-corrected chi connectivity index (χ3v) is 7.13. The summed E-state index contributed by atoms with van der Waals surface area (Å²) in [7, 11) is 1.68. The molecule has 27 heavy (non-hydrogen) atoms. The molecule has 4 aliphatic rings. The molecule has 144 valence electrons. The second-order valence-electron chi connectivity index (χ2n) is 8.48. The minimum atomic E-state index is -0.875. The number of phenols is 1. The molecule has 0 aromatic heterocycles. The monoisotopic (exact) mass is 370 g/mol. The summed E-state index contributed by atoms with van der Waals surface area (Å²) in [5, 5.41) is 9.57. The van der Waals surface area contributed by atoms with Crippen molar-refractivity contribution in [1.29, 1.82) is 0 Å². The van der Waals surface area contributed by atoms with Crippen molar-refractivity contribution in [2.24, 2.45) is 17.8 Å². The maximum Gasteiger partial charge on any atom is 0.327 e. The minimum absolute atomic E-state index is 0.0138. The summed E-state index contributed by atoms with van der Waals surface area (Å²) in [6, 6.07) is 5.58. The van der Waals surface area contributed by atoms with Gasteiger partial charge in [0.1, 0.15) is 11.3 Å². The molecule has 0 spiro atoms. The highest BCUT2D eigenvalue weighted by Gasteiger charge is 2.60. The second-order valence-corrected chi connectivity index (χ2v) is 8.48. The SMILES string of the molecule is CN1C(=O)N(CC(=O)c2cccc(O)c2)C(=O)[C@@]1(C)[C@H]1C[C@H]2CC[C@H]1CC2. The van der Waals surface area contributed by atoms with E-state index in [1.165, 1.54) is 25.0 Å². The van der Waals surface area contributed by atoms with Crippen molar-refractivity contribution >= 4 is 17.7 Å². The zero-order valence-electron chi connectivity index (χ0n) is 15.9. The number of carbonyl (C=O) groups excluding carboxylic acids is 3. The fourth-order valence-electron chi connectivity index (χ4n) is 5.41. The zero-order chi connectivity index (χ0) is 19.3. The largest absolute Gasteiger partial charge is 0.508 e. The van der Waals surface area contributed by atoms with Crippen LogP contribution in [-0.2, 0) is 4.79 Å². The number of nitrogens with zero attached hydrogens (tertiary/aromatic N) is 2.